The van der Waals surface area contributed by atoms with Gasteiger partial charge in [0.15, 0.2) is 0 Å². The van der Waals surface area contributed by atoms with Crippen LogP contribution >= 0.6 is 11.6 Å². The highest BCUT2D eigenvalue weighted by Crippen LogP contribution is 2.31. The summed E-state index contributed by atoms with van der Waals surface area (Å²) in [6.45, 7) is 13.2. The van der Waals surface area contributed by atoms with Crippen LogP contribution in [0, 0.1) is 5.92 Å². The van der Waals surface area contributed by atoms with E-state index in [4.69, 9.17) is 21.1 Å². The molecule has 0 spiro atoms. The van der Waals surface area contributed by atoms with Crippen LogP contribution in [0.15, 0.2) is 30.6 Å². The lowest BCUT2D eigenvalue weighted by molar-refractivity contribution is -0.114. The maximum Gasteiger partial charge on any atom is 0.408 e. The molecule has 2 N–H and O–H groups in total. The first-order chi connectivity index (χ1) is 15.3. The Hall–Kier alpha value is -2.87. The third-order valence-electron chi connectivity index (χ3n) is 4.41. The SMILES string of the molecule is CC(=O)Nc1cc(-c2ccc(OCC(C)(CC(C)C)NC(=O)OC(C)(C)C)c(Cl)c2)ncn1. The largest absolute Gasteiger partial charge is 0.490 e. The Labute approximate surface area is 200 Å². The van der Waals surface area contributed by atoms with Gasteiger partial charge in [0, 0.05) is 18.6 Å². The van der Waals surface area contributed by atoms with Crippen molar-refractivity contribution < 1.29 is 19.1 Å². The maximum atomic E-state index is 12.4. The second kappa shape index (κ2) is 10.8. The van der Waals surface area contributed by atoms with Crippen LogP contribution < -0.4 is 15.4 Å². The summed E-state index contributed by atoms with van der Waals surface area (Å²) >= 11 is 6.48. The topological polar surface area (TPSA) is 102 Å². The van der Waals surface area contributed by atoms with Crippen molar-refractivity contribution in [1.29, 1.82) is 0 Å². The summed E-state index contributed by atoms with van der Waals surface area (Å²) in [7, 11) is 0. The minimum atomic E-state index is -0.654. The van der Waals surface area contributed by atoms with Gasteiger partial charge in [-0.05, 0) is 58.2 Å². The number of anilines is 1. The van der Waals surface area contributed by atoms with E-state index in [1.807, 2.05) is 33.8 Å². The van der Waals surface area contributed by atoms with Gasteiger partial charge in [-0.1, -0.05) is 25.4 Å². The zero-order chi connectivity index (χ0) is 24.8. The molecule has 8 nitrogen and oxygen atoms in total. The zero-order valence-corrected chi connectivity index (χ0v) is 21.0. The number of halogens is 1. The van der Waals surface area contributed by atoms with Gasteiger partial charge < -0.3 is 20.1 Å². The number of nitrogens with zero attached hydrogens (tertiary/aromatic N) is 2. The van der Waals surface area contributed by atoms with Crippen molar-refractivity contribution in [3.8, 4) is 17.0 Å². The third-order valence-corrected chi connectivity index (χ3v) is 4.70. The number of benzene rings is 1. The molecule has 0 fully saturated rings. The summed E-state index contributed by atoms with van der Waals surface area (Å²) in [6, 6.07) is 6.97. The fourth-order valence-electron chi connectivity index (χ4n) is 3.38. The number of ether oxygens (including phenoxy) is 2. The lowest BCUT2D eigenvalue weighted by Crippen LogP contribution is -2.52. The molecule has 1 heterocycles. The molecule has 180 valence electrons. The zero-order valence-electron chi connectivity index (χ0n) is 20.3. The number of carbonyl (C=O) groups is 2. The number of hydrogen-bond acceptors (Lipinski definition) is 6. The number of nitrogens with one attached hydrogen (secondary N) is 2. The first kappa shape index (κ1) is 26.4. The highest BCUT2D eigenvalue weighted by atomic mass is 35.5. The normalized spacial score (nSPS) is 13.2. The van der Waals surface area contributed by atoms with Crippen molar-refractivity contribution in [3.63, 3.8) is 0 Å². The van der Waals surface area contributed by atoms with Crippen molar-refractivity contribution in [3.05, 3.63) is 35.6 Å². The fraction of sp³-hybridized carbons (Fsp3) is 0.500. The molecular formula is C24H33ClN4O4. The van der Waals surface area contributed by atoms with E-state index in [2.05, 4.69) is 34.4 Å². The van der Waals surface area contributed by atoms with Crippen molar-refractivity contribution in [2.24, 2.45) is 5.92 Å². The standard InChI is InChI=1S/C24H33ClN4O4/c1-15(2)12-24(7,29-22(31)33-23(4,5)6)13-32-20-9-8-17(10-18(20)25)19-11-21(27-14-26-19)28-16(3)30/h8-11,14-15H,12-13H2,1-7H3,(H,29,31)(H,26,27,28,30). The fourth-order valence-corrected chi connectivity index (χ4v) is 3.61. The van der Waals surface area contributed by atoms with E-state index >= 15 is 0 Å². The summed E-state index contributed by atoms with van der Waals surface area (Å²) in [5.74, 6) is 0.993. The van der Waals surface area contributed by atoms with Crippen LogP contribution in [-0.4, -0.2) is 39.7 Å². The molecule has 0 aliphatic carbocycles. The Morgan fingerprint density at radius 1 is 1.12 bits per heavy atom. The average Bonchev–Trinajstić information content (AvgIpc) is 2.64. The van der Waals surface area contributed by atoms with E-state index in [1.54, 1.807) is 18.2 Å². The number of hydrogen-bond donors (Lipinski definition) is 2. The molecule has 1 aromatic heterocycles. The summed E-state index contributed by atoms with van der Waals surface area (Å²) in [4.78, 5) is 31.9. The van der Waals surface area contributed by atoms with Crippen LogP contribution in [-0.2, 0) is 9.53 Å². The van der Waals surface area contributed by atoms with Crippen LogP contribution in [0.2, 0.25) is 5.02 Å². The van der Waals surface area contributed by atoms with Crippen LogP contribution in [0.25, 0.3) is 11.3 Å². The summed E-state index contributed by atoms with van der Waals surface area (Å²) < 4.78 is 11.4. The number of aromatic nitrogens is 2. The molecule has 2 rings (SSSR count). The Kier molecular flexibility index (Phi) is 8.66. The molecule has 33 heavy (non-hydrogen) atoms. The first-order valence-electron chi connectivity index (χ1n) is 10.8. The van der Waals surface area contributed by atoms with Crippen LogP contribution in [0.3, 0.4) is 0 Å². The molecule has 0 saturated heterocycles. The van der Waals surface area contributed by atoms with Crippen LogP contribution in [0.1, 0.15) is 54.9 Å². The highest BCUT2D eigenvalue weighted by molar-refractivity contribution is 6.32. The van der Waals surface area contributed by atoms with Gasteiger partial charge in [-0.15, -0.1) is 0 Å². The van der Waals surface area contributed by atoms with Gasteiger partial charge in [-0.25, -0.2) is 14.8 Å². The summed E-state index contributed by atoms with van der Waals surface area (Å²) in [5.41, 5.74) is 0.110. The van der Waals surface area contributed by atoms with Gasteiger partial charge in [0.1, 0.15) is 30.1 Å². The molecule has 2 amide bonds. The van der Waals surface area contributed by atoms with Gasteiger partial charge in [-0.2, -0.15) is 0 Å². The lowest BCUT2D eigenvalue weighted by Gasteiger charge is -2.33. The van der Waals surface area contributed by atoms with Crippen molar-refractivity contribution in [2.75, 3.05) is 11.9 Å². The van der Waals surface area contributed by atoms with E-state index in [1.165, 1.54) is 13.3 Å². The molecule has 1 unspecified atom stereocenters. The smallest absolute Gasteiger partial charge is 0.408 e. The van der Waals surface area contributed by atoms with Crippen molar-refractivity contribution in [2.45, 2.75) is 66.0 Å². The maximum absolute atomic E-state index is 12.4. The molecular weight excluding hydrogens is 444 g/mol. The van der Waals surface area contributed by atoms with Gasteiger partial charge in [0.25, 0.3) is 0 Å². The number of alkyl carbamates (subject to hydrolysis) is 1. The van der Waals surface area contributed by atoms with Gasteiger partial charge >= 0.3 is 6.09 Å². The van der Waals surface area contributed by atoms with Gasteiger partial charge in [-0.3, -0.25) is 4.79 Å². The van der Waals surface area contributed by atoms with Gasteiger partial charge in [0.05, 0.1) is 16.3 Å². The number of amides is 2. The summed E-state index contributed by atoms with van der Waals surface area (Å²) in [5, 5.41) is 5.98. The molecule has 0 bridgehead atoms. The monoisotopic (exact) mass is 476 g/mol. The lowest BCUT2D eigenvalue weighted by atomic mass is 9.91. The van der Waals surface area contributed by atoms with Crippen molar-refractivity contribution in [1.82, 2.24) is 15.3 Å². The molecule has 0 aliphatic rings. The summed E-state index contributed by atoms with van der Waals surface area (Å²) in [6.07, 6.45) is 1.57. The molecule has 1 aromatic carbocycles. The van der Waals surface area contributed by atoms with Crippen molar-refractivity contribution >= 4 is 29.4 Å². The highest BCUT2D eigenvalue weighted by Gasteiger charge is 2.31. The van der Waals surface area contributed by atoms with Crippen LogP contribution in [0.4, 0.5) is 10.6 Å². The van der Waals surface area contributed by atoms with E-state index in [0.29, 0.717) is 34.6 Å². The third kappa shape index (κ3) is 8.88. The Balaban J connectivity index is 2.15. The molecule has 1 atom stereocenters. The second-order valence-corrected chi connectivity index (χ2v) is 10.1. The van der Waals surface area contributed by atoms with Gasteiger partial charge in [0.2, 0.25) is 5.91 Å². The Morgan fingerprint density at radius 3 is 2.39 bits per heavy atom. The minimum absolute atomic E-state index is 0.212. The number of carbonyl (C=O) groups excluding carboxylic acids is 2. The molecule has 0 saturated carbocycles. The predicted octanol–water partition coefficient (Wildman–Crippen LogP) is 5.46. The predicted molar refractivity (Wildman–Crippen MR) is 130 cm³/mol. The van der Waals surface area contributed by atoms with E-state index in [-0.39, 0.29) is 12.5 Å². The second-order valence-electron chi connectivity index (χ2n) is 9.69. The van der Waals surface area contributed by atoms with Crippen LogP contribution in [0.5, 0.6) is 5.75 Å². The molecule has 0 radical (unpaired) electrons. The van der Waals surface area contributed by atoms with E-state index in [9.17, 15) is 9.59 Å². The quantitative estimate of drug-likeness (QED) is 0.524. The molecule has 2 aromatic rings. The average molecular weight is 477 g/mol. The molecule has 9 heteroatoms. The Bertz CT molecular complexity index is 991. The number of rotatable bonds is 8. The molecule has 0 aliphatic heterocycles. The Morgan fingerprint density at radius 2 is 1.82 bits per heavy atom. The van der Waals surface area contributed by atoms with E-state index < -0.39 is 17.2 Å². The first-order valence-corrected chi connectivity index (χ1v) is 11.2. The minimum Gasteiger partial charge on any atom is -0.490 e. The van der Waals surface area contributed by atoms with E-state index in [0.717, 1.165) is 5.56 Å².